The van der Waals surface area contributed by atoms with Crippen molar-refractivity contribution in [2.75, 3.05) is 6.54 Å². The van der Waals surface area contributed by atoms with Crippen LogP contribution in [0.25, 0.3) is 0 Å². The van der Waals surface area contributed by atoms with Gasteiger partial charge in [0.05, 0.1) is 6.33 Å². The fraction of sp³-hybridized carbons (Fsp3) is 0.571. The third-order valence-corrected chi connectivity index (χ3v) is 0.905. The molecule has 2 heteroatoms. The molecule has 0 radical (unpaired) electrons. The van der Waals surface area contributed by atoms with Gasteiger partial charge in [-0.3, -0.25) is 4.99 Å². The van der Waals surface area contributed by atoms with Gasteiger partial charge in [0.15, 0.2) is 0 Å². The summed E-state index contributed by atoms with van der Waals surface area (Å²) < 4.78 is 11.2. The normalized spacial score (nSPS) is 11.8. The van der Waals surface area contributed by atoms with Crippen molar-refractivity contribution >= 4 is 6.21 Å². The number of aliphatic imine (C=N–C) groups is 1. The van der Waals surface area contributed by atoms with Gasteiger partial charge >= 0.3 is 0 Å². The summed E-state index contributed by atoms with van der Waals surface area (Å²) in [6, 6.07) is 0. The molecule has 9 heavy (non-hydrogen) atoms. The molecule has 0 aromatic carbocycles. The lowest BCUT2D eigenvalue weighted by Crippen LogP contribution is -1.77. The van der Waals surface area contributed by atoms with E-state index in [0.717, 1.165) is 19.4 Å². The Kier molecular flexibility index (Phi) is 6.80. The van der Waals surface area contributed by atoms with Crippen molar-refractivity contribution in [3.63, 3.8) is 0 Å². The predicted molar refractivity (Wildman–Crippen MR) is 38.5 cm³/mol. The third-order valence-electron chi connectivity index (χ3n) is 0.905. The van der Waals surface area contributed by atoms with Crippen LogP contribution in [-0.2, 0) is 0 Å². The van der Waals surface area contributed by atoms with Gasteiger partial charge in [-0.15, -0.1) is 0 Å². The quantitative estimate of drug-likeness (QED) is 0.408. The van der Waals surface area contributed by atoms with Gasteiger partial charge in [0.1, 0.15) is 0 Å². The van der Waals surface area contributed by atoms with E-state index >= 15 is 0 Å². The average molecular weight is 129 g/mol. The Morgan fingerprint density at radius 1 is 1.56 bits per heavy atom. The van der Waals surface area contributed by atoms with Gasteiger partial charge in [-0.25, -0.2) is 4.39 Å². The van der Waals surface area contributed by atoms with Crippen LogP contribution in [0, 0.1) is 0 Å². The molecule has 0 aliphatic rings. The largest absolute Gasteiger partial charge is 0.293 e. The van der Waals surface area contributed by atoms with Crippen molar-refractivity contribution < 1.29 is 4.39 Å². The number of hydrogen-bond acceptors (Lipinski definition) is 1. The maximum atomic E-state index is 11.2. The lowest BCUT2D eigenvalue weighted by Gasteiger charge is -1.85. The van der Waals surface area contributed by atoms with Crippen molar-refractivity contribution in [1.29, 1.82) is 0 Å². The molecule has 0 atom stereocenters. The molecule has 1 nitrogen and oxygen atoms in total. The fourth-order valence-electron chi connectivity index (χ4n) is 0.417. The van der Waals surface area contributed by atoms with Gasteiger partial charge in [-0.05, 0) is 12.5 Å². The van der Waals surface area contributed by atoms with Crippen LogP contribution in [0.3, 0.4) is 0 Å². The van der Waals surface area contributed by atoms with Crippen LogP contribution in [0.4, 0.5) is 4.39 Å². The van der Waals surface area contributed by atoms with Crippen LogP contribution in [0.15, 0.2) is 17.4 Å². The van der Waals surface area contributed by atoms with Crippen molar-refractivity contribution in [2.24, 2.45) is 4.99 Å². The van der Waals surface area contributed by atoms with Gasteiger partial charge in [0.25, 0.3) is 0 Å². The summed E-state index contributed by atoms with van der Waals surface area (Å²) in [7, 11) is 0. The van der Waals surface area contributed by atoms with Crippen molar-refractivity contribution in [1.82, 2.24) is 0 Å². The summed E-state index contributed by atoms with van der Waals surface area (Å²) in [5.41, 5.74) is 0. The summed E-state index contributed by atoms with van der Waals surface area (Å²) >= 11 is 0. The zero-order chi connectivity index (χ0) is 6.95. The zero-order valence-electron chi connectivity index (χ0n) is 5.68. The SMILES string of the molecule is CCCCN=CC=CF. The Labute approximate surface area is 55.3 Å². The molecule has 0 aliphatic heterocycles. The van der Waals surface area contributed by atoms with Gasteiger partial charge in [-0.1, -0.05) is 13.3 Å². The molecule has 0 heterocycles. The minimum Gasteiger partial charge on any atom is -0.293 e. The van der Waals surface area contributed by atoms with E-state index < -0.39 is 0 Å². The Morgan fingerprint density at radius 3 is 2.89 bits per heavy atom. The van der Waals surface area contributed by atoms with Crippen LogP contribution in [0.2, 0.25) is 0 Å². The first-order valence-electron chi connectivity index (χ1n) is 3.17. The van der Waals surface area contributed by atoms with Crippen molar-refractivity contribution in [3.8, 4) is 0 Å². The minimum absolute atomic E-state index is 0.482. The molecule has 0 bridgehead atoms. The van der Waals surface area contributed by atoms with E-state index in [4.69, 9.17) is 0 Å². The number of rotatable bonds is 4. The summed E-state index contributed by atoms with van der Waals surface area (Å²) in [6.07, 6.45) is 5.47. The van der Waals surface area contributed by atoms with Crippen molar-refractivity contribution in [3.05, 3.63) is 12.4 Å². The van der Waals surface area contributed by atoms with E-state index in [1.165, 1.54) is 12.3 Å². The first-order chi connectivity index (χ1) is 4.41. The molecule has 0 spiro atoms. The third kappa shape index (κ3) is 7.34. The highest BCUT2D eigenvalue weighted by Crippen LogP contribution is 1.85. The van der Waals surface area contributed by atoms with Crippen LogP contribution >= 0.6 is 0 Å². The number of halogens is 1. The molecule has 0 aromatic heterocycles. The van der Waals surface area contributed by atoms with E-state index in [1.807, 2.05) is 0 Å². The second-order valence-corrected chi connectivity index (χ2v) is 1.73. The molecule has 0 saturated carbocycles. The van der Waals surface area contributed by atoms with E-state index in [1.54, 1.807) is 0 Å². The molecular weight excluding hydrogens is 117 g/mol. The standard InChI is InChI=1S/C7H12FN/c1-2-3-6-9-7-4-5-8/h4-5,7H,2-3,6H2,1H3. The highest BCUT2D eigenvalue weighted by Gasteiger charge is 1.74. The highest BCUT2D eigenvalue weighted by atomic mass is 19.1. The predicted octanol–water partition coefficient (Wildman–Crippen LogP) is 2.34. The monoisotopic (exact) mass is 129 g/mol. The second-order valence-electron chi connectivity index (χ2n) is 1.73. The smallest absolute Gasteiger partial charge is 0.0882 e. The Balaban J connectivity index is 3.04. The second kappa shape index (κ2) is 7.34. The maximum absolute atomic E-state index is 11.2. The van der Waals surface area contributed by atoms with Crippen LogP contribution in [0.1, 0.15) is 19.8 Å². The van der Waals surface area contributed by atoms with Gasteiger partial charge in [0.2, 0.25) is 0 Å². The molecule has 0 aliphatic carbocycles. The molecule has 0 amide bonds. The Hall–Kier alpha value is -0.660. The summed E-state index contributed by atoms with van der Waals surface area (Å²) in [5.74, 6) is 0. The summed E-state index contributed by atoms with van der Waals surface area (Å²) in [6.45, 7) is 2.90. The molecule has 52 valence electrons. The Morgan fingerprint density at radius 2 is 2.33 bits per heavy atom. The van der Waals surface area contributed by atoms with Crippen LogP contribution in [0.5, 0.6) is 0 Å². The molecule has 0 unspecified atom stereocenters. The maximum Gasteiger partial charge on any atom is 0.0882 e. The zero-order valence-corrected chi connectivity index (χ0v) is 5.68. The van der Waals surface area contributed by atoms with Gasteiger partial charge < -0.3 is 0 Å². The number of nitrogens with zero attached hydrogens (tertiary/aromatic N) is 1. The van der Waals surface area contributed by atoms with E-state index in [9.17, 15) is 4.39 Å². The number of allylic oxidation sites excluding steroid dienone is 1. The first kappa shape index (κ1) is 8.34. The van der Waals surface area contributed by atoms with E-state index in [0.29, 0.717) is 6.33 Å². The van der Waals surface area contributed by atoms with Crippen LogP contribution < -0.4 is 0 Å². The van der Waals surface area contributed by atoms with Crippen LogP contribution in [-0.4, -0.2) is 12.8 Å². The lowest BCUT2D eigenvalue weighted by molar-refractivity contribution is 0.722. The summed E-state index contributed by atoms with van der Waals surface area (Å²) in [5, 5.41) is 0. The molecule has 0 rings (SSSR count). The minimum atomic E-state index is 0.482. The number of unbranched alkanes of at least 4 members (excludes halogenated alkanes) is 1. The van der Waals surface area contributed by atoms with E-state index in [2.05, 4.69) is 11.9 Å². The first-order valence-corrected chi connectivity index (χ1v) is 3.17. The van der Waals surface area contributed by atoms with Gasteiger partial charge in [0, 0.05) is 12.8 Å². The van der Waals surface area contributed by atoms with Gasteiger partial charge in [-0.2, -0.15) is 0 Å². The van der Waals surface area contributed by atoms with Crippen molar-refractivity contribution in [2.45, 2.75) is 19.8 Å². The molecular formula is C7H12FN. The number of hydrogen-bond donors (Lipinski definition) is 0. The topological polar surface area (TPSA) is 12.4 Å². The highest BCUT2D eigenvalue weighted by molar-refractivity contribution is 5.70. The molecule has 0 saturated heterocycles. The lowest BCUT2D eigenvalue weighted by atomic mass is 10.3. The fourth-order valence-corrected chi connectivity index (χ4v) is 0.417. The molecule has 0 aromatic rings. The molecule has 0 N–H and O–H groups in total. The summed E-state index contributed by atoms with van der Waals surface area (Å²) in [4.78, 5) is 3.90. The van der Waals surface area contributed by atoms with E-state index in [-0.39, 0.29) is 0 Å². The Bertz CT molecular complexity index is 97.1. The average Bonchev–Trinajstić information content (AvgIpc) is 1.89. The molecule has 0 fully saturated rings.